The second-order valence-electron chi connectivity index (χ2n) is 2.83. The van der Waals surface area contributed by atoms with Gasteiger partial charge in [0.1, 0.15) is 0 Å². The molecule has 76 valence electrons. The van der Waals surface area contributed by atoms with Crippen LogP contribution in [0.3, 0.4) is 0 Å². The van der Waals surface area contributed by atoms with Crippen molar-refractivity contribution in [2.24, 2.45) is 0 Å². The van der Waals surface area contributed by atoms with E-state index in [9.17, 15) is 4.79 Å². The number of nitrogens with one attached hydrogen (secondary N) is 1. The summed E-state index contributed by atoms with van der Waals surface area (Å²) in [5, 5.41) is 10.7. The summed E-state index contributed by atoms with van der Waals surface area (Å²) in [5.41, 5.74) is 7.42. The lowest BCUT2D eigenvalue weighted by molar-refractivity contribution is 0.194. The van der Waals surface area contributed by atoms with E-state index in [1.807, 2.05) is 18.2 Å². The summed E-state index contributed by atoms with van der Waals surface area (Å²) >= 11 is 2.19. The van der Waals surface area contributed by atoms with Crippen LogP contribution in [0.15, 0.2) is 18.2 Å². The third kappa shape index (κ3) is 3.41. The summed E-state index contributed by atoms with van der Waals surface area (Å²) in [5.74, 6) is 0. The van der Waals surface area contributed by atoms with Gasteiger partial charge in [-0.25, -0.2) is 4.79 Å². The lowest BCUT2D eigenvalue weighted by atomic mass is 10.1. The largest absolute Gasteiger partial charge is 0.465 e. The first-order valence-corrected chi connectivity index (χ1v) is 5.18. The Hall–Kier alpha value is -0.980. The Morgan fingerprint density at radius 3 is 2.86 bits per heavy atom. The quantitative estimate of drug-likeness (QED) is 0.587. The van der Waals surface area contributed by atoms with E-state index in [4.69, 9.17) is 10.8 Å². The van der Waals surface area contributed by atoms with Gasteiger partial charge in [0.15, 0.2) is 0 Å². The lowest BCUT2D eigenvalue weighted by Gasteiger charge is -2.05. The third-order valence-corrected chi connectivity index (χ3v) is 2.75. The zero-order valence-corrected chi connectivity index (χ0v) is 9.61. The van der Waals surface area contributed by atoms with Crippen LogP contribution < -0.4 is 11.1 Å². The number of anilines is 1. The van der Waals surface area contributed by atoms with Gasteiger partial charge in [-0.2, -0.15) is 0 Å². The highest BCUT2D eigenvalue weighted by molar-refractivity contribution is 14.1. The van der Waals surface area contributed by atoms with Crippen molar-refractivity contribution in [1.82, 2.24) is 5.32 Å². The number of rotatable bonds is 3. The Bertz CT molecular complexity index is 342. The highest BCUT2D eigenvalue weighted by atomic mass is 127. The number of nitrogens with two attached hydrogens (primary N) is 1. The van der Waals surface area contributed by atoms with Crippen LogP contribution >= 0.6 is 22.6 Å². The minimum Gasteiger partial charge on any atom is -0.465 e. The van der Waals surface area contributed by atoms with Crippen molar-refractivity contribution in [2.75, 3.05) is 12.3 Å². The van der Waals surface area contributed by atoms with Gasteiger partial charge in [0, 0.05) is 15.8 Å². The van der Waals surface area contributed by atoms with Crippen molar-refractivity contribution in [3.63, 3.8) is 0 Å². The summed E-state index contributed by atoms with van der Waals surface area (Å²) in [4.78, 5) is 10.2. The van der Waals surface area contributed by atoms with Gasteiger partial charge < -0.3 is 16.2 Å². The van der Waals surface area contributed by atoms with Crippen molar-refractivity contribution in [2.45, 2.75) is 6.42 Å². The summed E-state index contributed by atoms with van der Waals surface area (Å²) < 4.78 is 1.06. The molecule has 4 nitrogen and oxygen atoms in total. The molecule has 0 saturated heterocycles. The Balaban J connectivity index is 2.55. The van der Waals surface area contributed by atoms with E-state index in [1.165, 1.54) is 0 Å². The minimum atomic E-state index is -0.990. The van der Waals surface area contributed by atoms with Crippen LogP contribution in [0, 0.1) is 3.57 Å². The van der Waals surface area contributed by atoms with Crippen molar-refractivity contribution < 1.29 is 9.90 Å². The summed E-state index contributed by atoms with van der Waals surface area (Å²) in [6, 6.07) is 5.61. The molecule has 0 fully saturated rings. The fourth-order valence-electron chi connectivity index (χ4n) is 1.07. The van der Waals surface area contributed by atoms with Crippen molar-refractivity contribution in [3.05, 3.63) is 27.3 Å². The van der Waals surface area contributed by atoms with Gasteiger partial charge in [0.2, 0.25) is 0 Å². The molecule has 4 N–H and O–H groups in total. The topological polar surface area (TPSA) is 75.3 Å². The van der Waals surface area contributed by atoms with Crippen LogP contribution in [0.25, 0.3) is 0 Å². The Labute approximate surface area is 95.6 Å². The molecule has 0 heterocycles. The van der Waals surface area contributed by atoms with Crippen LogP contribution in [0.2, 0.25) is 0 Å². The first kappa shape index (κ1) is 11.1. The number of hydrogen-bond donors (Lipinski definition) is 3. The van der Waals surface area contributed by atoms with E-state index in [0.29, 0.717) is 13.0 Å². The fourth-order valence-corrected chi connectivity index (χ4v) is 1.88. The first-order valence-electron chi connectivity index (χ1n) is 4.10. The molecule has 0 unspecified atom stereocenters. The van der Waals surface area contributed by atoms with Crippen LogP contribution in [0.5, 0.6) is 0 Å². The average Bonchev–Trinajstić information content (AvgIpc) is 2.08. The maximum absolute atomic E-state index is 10.2. The molecule has 0 aromatic heterocycles. The van der Waals surface area contributed by atoms with E-state index in [0.717, 1.165) is 14.8 Å². The fraction of sp³-hybridized carbons (Fsp3) is 0.222. The molecule has 0 atom stereocenters. The third-order valence-electron chi connectivity index (χ3n) is 1.75. The molecule has 1 aromatic rings. The highest BCUT2D eigenvalue weighted by Gasteiger charge is 2.00. The number of carbonyl (C=O) groups is 1. The standard InChI is InChI=1S/C9H11IN2O2/c10-8-5-7(11)2-1-6(8)3-4-12-9(13)14/h1-2,5,12H,3-4,11H2,(H,13,14). The molecule has 1 aromatic carbocycles. The van der Waals surface area contributed by atoms with Crippen molar-refractivity contribution in [1.29, 1.82) is 0 Å². The summed E-state index contributed by atoms with van der Waals surface area (Å²) in [6.07, 6.45) is -0.305. The van der Waals surface area contributed by atoms with Gasteiger partial charge in [-0.15, -0.1) is 0 Å². The zero-order valence-electron chi connectivity index (χ0n) is 7.46. The normalized spacial score (nSPS) is 9.79. The summed E-state index contributed by atoms with van der Waals surface area (Å²) in [6.45, 7) is 0.426. The average molecular weight is 306 g/mol. The predicted octanol–water partition coefficient (Wildman–Crippen LogP) is 1.68. The van der Waals surface area contributed by atoms with Crippen LogP contribution in [-0.4, -0.2) is 17.7 Å². The molecule has 0 spiro atoms. The number of amides is 1. The molecule has 1 rings (SSSR count). The van der Waals surface area contributed by atoms with Gasteiger partial charge in [-0.05, 0) is 46.7 Å². The number of benzene rings is 1. The highest BCUT2D eigenvalue weighted by Crippen LogP contribution is 2.15. The molecule has 0 radical (unpaired) electrons. The number of halogens is 1. The molecule has 0 aliphatic heterocycles. The Morgan fingerprint density at radius 1 is 1.57 bits per heavy atom. The van der Waals surface area contributed by atoms with E-state index in [2.05, 4.69) is 27.9 Å². The molecule has 0 bridgehead atoms. The molecule has 1 amide bonds. The van der Waals surface area contributed by atoms with E-state index >= 15 is 0 Å². The maximum atomic E-state index is 10.2. The zero-order chi connectivity index (χ0) is 10.6. The van der Waals surface area contributed by atoms with Crippen molar-refractivity contribution >= 4 is 34.4 Å². The van der Waals surface area contributed by atoms with E-state index in [1.54, 1.807) is 0 Å². The number of nitrogen functional groups attached to an aromatic ring is 1. The van der Waals surface area contributed by atoms with Crippen molar-refractivity contribution in [3.8, 4) is 0 Å². The van der Waals surface area contributed by atoms with Gasteiger partial charge in [-0.3, -0.25) is 0 Å². The minimum absolute atomic E-state index is 0.426. The second kappa shape index (κ2) is 5.04. The molecule has 14 heavy (non-hydrogen) atoms. The molecule has 0 aliphatic carbocycles. The maximum Gasteiger partial charge on any atom is 0.404 e. The Morgan fingerprint density at radius 2 is 2.29 bits per heavy atom. The van der Waals surface area contributed by atoms with Gasteiger partial charge in [0.05, 0.1) is 0 Å². The van der Waals surface area contributed by atoms with Gasteiger partial charge in [-0.1, -0.05) is 6.07 Å². The van der Waals surface area contributed by atoms with Crippen LogP contribution in [-0.2, 0) is 6.42 Å². The number of hydrogen-bond acceptors (Lipinski definition) is 2. The van der Waals surface area contributed by atoms with Gasteiger partial charge >= 0.3 is 6.09 Å². The summed E-state index contributed by atoms with van der Waals surface area (Å²) in [7, 11) is 0. The second-order valence-corrected chi connectivity index (χ2v) is 3.99. The first-order chi connectivity index (χ1) is 6.59. The Kier molecular flexibility index (Phi) is 3.99. The van der Waals surface area contributed by atoms with Gasteiger partial charge in [0.25, 0.3) is 0 Å². The monoisotopic (exact) mass is 306 g/mol. The molecule has 0 saturated carbocycles. The SMILES string of the molecule is Nc1ccc(CCNC(=O)O)c(I)c1. The van der Waals surface area contributed by atoms with E-state index < -0.39 is 6.09 Å². The predicted molar refractivity (Wildman–Crippen MR) is 63.3 cm³/mol. The molecule has 0 aliphatic rings. The lowest BCUT2D eigenvalue weighted by Crippen LogP contribution is -2.23. The van der Waals surface area contributed by atoms with E-state index in [-0.39, 0.29) is 0 Å². The molecule has 5 heteroatoms. The van der Waals surface area contributed by atoms with Crippen LogP contribution in [0.1, 0.15) is 5.56 Å². The smallest absolute Gasteiger partial charge is 0.404 e. The molecular formula is C9H11IN2O2. The number of carboxylic acid groups (broad SMARTS) is 1. The van der Waals surface area contributed by atoms with Crippen LogP contribution in [0.4, 0.5) is 10.5 Å². The molecular weight excluding hydrogens is 295 g/mol.